The van der Waals surface area contributed by atoms with Crippen LogP contribution in [-0.4, -0.2) is 89.9 Å². The summed E-state index contributed by atoms with van der Waals surface area (Å²) in [7, 11) is 1.49. The average Bonchev–Trinajstić information content (AvgIpc) is 2.62. The van der Waals surface area contributed by atoms with Crippen LogP contribution in [0.4, 0.5) is 4.79 Å². The van der Waals surface area contributed by atoms with Crippen molar-refractivity contribution < 1.29 is 28.5 Å². The number of amides is 2. The Morgan fingerprint density at radius 2 is 1.56 bits per heavy atom. The zero-order valence-corrected chi connectivity index (χ0v) is 15.9. The second kappa shape index (κ2) is 17.7. The number of nitrogens with one attached hydrogen (secondary N) is 2. The number of hydrogen-bond acceptors (Lipinski definition) is 8. The summed E-state index contributed by atoms with van der Waals surface area (Å²) in [5.74, 6) is 0.721. The van der Waals surface area contributed by atoms with E-state index in [4.69, 9.17) is 24.7 Å². The summed E-state index contributed by atoms with van der Waals surface area (Å²) in [5.41, 5.74) is 5.74. The molecule has 9 nitrogen and oxygen atoms in total. The van der Waals surface area contributed by atoms with Crippen molar-refractivity contribution in [1.82, 2.24) is 10.6 Å². The van der Waals surface area contributed by atoms with Crippen molar-refractivity contribution in [2.75, 3.05) is 71.8 Å². The number of rotatable bonds is 16. The van der Waals surface area contributed by atoms with Gasteiger partial charge in [-0.1, -0.05) is 0 Å². The molecule has 0 fully saturated rings. The van der Waals surface area contributed by atoms with E-state index >= 15 is 0 Å². The number of carbonyl (C=O) groups is 2. The quantitative estimate of drug-likeness (QED) is 0.309. The molecule has 1 atom stereocenters. The maximum atomic E-state index is 11.6. The van der Waals surface area contributed by atoms with Gasteiger partial charge in [-0.05, 0) is 18.4 Å². The Kier molecular flexibility index (Phi) is 17.0. The number of alkyl carbamates (subject to hydrolysis) is 1. The van der Waals surface area contributed by atoms with E-state index in [0.717, 1.165) is 5.75 Å². The van der Waals surface area contributed by atoms with Gasteiger partial charge < -0.3 is 35.3 Å². The van der Waals surface area contributed by atoms with Crippen LogP contribution in [0, 0.1) is 0 Å². The van der Waals surface area contributed by atoms with Gasteiger partial charge in [0, 0.05) is 13.6 Å². The van der Waals surface area contributed by atoms with Gasteiger partial charge in [-0.3, -0.25) is 4.79 Å². The van der Waals surface area contributed by atoms with Gasteiger partial charge in [0.1, 0.15) is 6.61 Å². The average molecular weight is 381 g/mol. The van der Waals surface area contributed by atoms with Crippen molar-refractivity contribution in [3.63, 3.8) is 0 Å². The van der Waals surface area contributed by atoms with Crippen LogP contribution in [0.3, 0.4) is 0 Å². The third-order valence-corrected chi connectivity index (χ3v) is 3.57. The van der Waals surface area contributed by atoms with Gasteiger partial charge in [-0.2, -0.15) is 11.8 Å². The van der Waals surface area contributed by atoms with Gasteiger partial charge in [-0.15, -0.1) is 0 Å². The molecule has 4 N–H and O–H groups in total. The van der Waals surface area contributed by atoms with Gasteiger partial charge in [0.15, 0.2) is 0 Å². The minimum Gasteiger partial charge on any atom is -0.447 e. The van der Waals surface area contributed by atoms with E-state index in [-0.39, 0.29) is 12.5 Å². The molecule has 0 rings (SSSR count). The van der Waals surface area contributed by atoms with E-state index in [2.05, 4.69) is 10.6 Å². The highest BCUT2D eigenvalue weighted by Gasteiger charge is 2.11. The molecular formula is C15H31N3O6S. The maximum Gasteiger partial charge on any atom is 0.406 e. The normalized spacial score (nSPS) is 11.8. The molecule has 0 radical (unpaired) electrons. The molecule has 0 bridgehead atoms. The predicted octanol–water partition coefficient (Wildman–Crippen LogP) is -0.411. The van der Waals surface area contributed by atoms with Crippen molar-refractivity contribution in [2.45, 2.75) is 12.5 Å². The smallest absolute Gasteiger partial charge is 0.406 e. The van der Waals surface area contributed by atoms with Gasteiger partial charge in [-0.25, -0.2) is 4.79 Å². The predicted molar refractivity (Wildman–Crippen MR) is 96.8 cm³/mol. The third-order valence-electron chi connectivity index (χ3n) is 2.92. The standard InChI is InChI=1S/C15H31N3O6S/c1-17-15(20)24-11-10-23-9-8-22-7-6-21-5-4-18-14(19)13(16)3-12-25-2/h13H,3-12,16H2,1-2H3,(H,17,20)(H,18,19)/t13-/m0/s1. The van der Waals surface area contributed by atoms with Gasteiger partial charge in [0.05, 0.1) is 45.7 Å². The summed E-state index contributed by atoms with van der Waals surface area (Å²) in [6, 6.07) is -0.461. The zero-order valence-electron chi connectivity index (χ0n) is 15.1. The Labute approximate surface area is 153 Å². The molecule has 0 aliphatic rings. The van der Waals surface area contributed by atoms with Crippen LogP contribution >= 0.6 is 11.8 Å². The molecule has 0 aromatic carbocycles. The minimum atomic E-state index is -0.477. The molecule has 148 valence electrons. The number of hydrogen-bond donors (Lipinski definition) is 3. The van der Waals surface area contributed by atoms with Crippen LogP contribution in [0.5, 0.6) is 0 Å². The molecule has 0 aromatic rings. The molecule has 0 aliphatic heterocycles. The Balaban J connectivity index is 3.23. The Bertz CT molecular complexity index is 349. The monoisotopic (exact) mass is 381 g/mol. The molecule has 10 heteroatoms. The number of ether oxygens (including phenoxy) is 4. The fourth-order valence-corrected chi connectivity index (χ4v) is 2.05. The van der Waals surface area contributed by atoms with Crippen LogP contribution in [-0.2, 0) is 23.7 Å². The van der Waals surface area contributed by atoms with E-state index in [1.54, 1.807) is 11.8 Å². The lowest BCUT2D eigenvalue weighted by Crippen LogP contribution is -2.42. The van der Waals surface area contributed by atoms with E-state index in [1.165, 1.54) is 7.05 Å². The fourth-order valence-electron chi connectivity index (χ4n) is 1.56. The van der Waals surface area contributed by atoms with Gasteiger partial charge in [0.25, 0.3) is 0 Å². The van der Waals surface area contributed by atoms with Crippen molar-refractivity contribution in [1.29, 1.82) is 0 Å². The van der Waals surface area contributed by atoms with Crippen molar-refractivity contribution in [3.05, 3.63) is 0 Å². The largest absolute Gasteiger partial charge is 0.447 e. The summed E-state index contributed by atoms with van der Waals surface area (Å²) in [4.78, 5) is 22.4. The third kappa shape index (κ3) is 16.2. The SMILES string of the molecule is CNC(=O)OCCOCCOCCOCCNC(=O)[C@@H](N)CCSC. The fraction of sp³-hybridized carbons (Fsp3) is 0.867. The highest BCUT2D eigenvalue weighted by Crippen LogP contribution is 1.98. The Morgan fingerprint density at radius 1 is 1.00 bits per heavy atom. The lowest BCUT2D eigenvalue weighted by atomic mass is 10.2. The van der Waals surface area contributed by atoms with Gasteiger partial charge in [0.2, 0.25) is 5.91 Å². The summed E-state index contributed by atoms with van der Waals surface area (Å²) < 4.78 is 20.6. The van der Waals surface area contributed by atoms with Crippen LogP contribution in [0.25, 0.3) is 0 Å². The molecule has 2 amide bonds. The lowest BCUT2D eigenvalue weighted by Gasteiger charge is -2.11. The van der Waals surface area contributed by atoms with Crippen LogP contribution in [0.1, 0.15) is 6.42 Å². The van der Waals surface area contributed by atoms with Crippen molar-refractivity contribution >= 4 is 23.8 Å². The Morgan fingerprint density at radius 3 is 2.12 bits per heavy atom. The van der Waals surface area contributed by atoms with E-state index in [1.807, 2.05) is 6.26 Å². The first-order chi connectivity index (χ1) is 12.1. The Hall–Kier alpha value is -1.07. The number of nitrogens with two attached hydrogens (primary N) is 1. The second-order valence-electron chi connectivity index (χ2n) is 4.90. The molecule has 0 aromatic heterocycles. The summed E-state index contributed by atoms with van der Waals surface area (Å²) in [6.45, 7) is 3.11. The van der Waals surface area contributed by atoms with Crippen LogP contribution in [0.15, 0.2) is 0 Å². The van der Waals surface area contributed by atoms with Crippen LogP contribution < -0.4 is 16.4 Å². The molecule has 0 saturated heterocycles. The summed E-state index contributed by atoms with van der Waals surface area (Å²) >= 11 is 1.67. The minimum absolute atomic E-state index is 0.147. The van der Waals surface area contributed by atoms with E-state index in [0.29, 0.717) is 52.6 Å². The highest BCUT2D eigenvalue weighted by molar-refractivity contribution is 7.98. The first-order valence-corrected chi connectivity index (χ1v) is 9.61. The molecule has 0 unspecified atom stereocenters. The lowest BCUT2D eigenvalue weighted by molar-refractivity contribution is -0.122. The number of carbonyl (C=O) groups excluding carboxylic acids is 2. The number of thioether (sulfide) groups is 1. The van der Waals surface area contributed by atoms with Crippen LogP contribution in [0.2, 0.25) is 0 Å². The van der Waals surface area contributed by atoms with Gasteiger partial charge >= 0.3 is 6.09 Å². The first kappa shape index (κ1) is 23.9. The zero-order chi connectivity index (χ0) is 18.8. The maximum absolute atomic E-state index is 11.6. The molecule has 0 aliphatic carbocycles. The molecular weight excluding hydrogens is 350 g/mol. The molecule has 0 saturated carbocycles. The molecule has 0 heterocycles. The summed E-state index contributed by atoms with van der Waals surface area (Å²) in [5, 5.41) is 5.07. The molecule has 0 spiro atoms. The molecule has 25 heavy (non-hydrogen) atoms. The summed E-state index contributed by atoms with van der Waals surface area (Å²) in [6.07, 6.45) is 2.17. The first-order valence-electron chi connectivity index (χ1n) is 8.21. The second-order valence-corrected chi connectivity index (χ2v) is 5.89. The van der Waals surface area contributed by atoms with Crippen molar-refractivity contribution in [3.8, 4) is 0 Å². The van der Waals surface area contributed by atoms with E-state index in [9.17, 15) is 9.59 Å². The topological polar surface area (TPSA) is 121 Å². The van der Waals surface area contributed by atoms with Crippen molar-refractivity contribution in [2.24, 2.45) is 5.73 Å². The highest BCUT2D eigenvalue weighted by atomic mass is 32.2. The van der Waals surface area contributed by atoms with E-state index < -0.39 is 12.1 Å².